The zero-order chi connectivity index (χ0) is 11.4. The van der Waals surface area contributed by atoms with E-state index in [1.54, 1.807) is 18.2 Å². The van der Waals surface area contributed by atoms with Crippen LogP contribution in [-0.4, -0.2) is 11.2 Å². The SMILES string of the molecule is CCC[C@@H](O)[C@@H](N)c1ccc(Cl)c(Cl)c1. The summed E-state index contributed by atoms with van der Waals surface area (Å²) in [4.78, 5) is 0. The topological polar surface area (TPSA) is 46.2 Å². The number of aliphatic hydroxyl groups is 1. The van der Waals surface area contributed by atoms with Gasteiger partial charge in [0, 0.05) is 0 Å². The van der Waals surface area contributed by atoms with Crippen molar-refractivity contribution in [2.75, 3.05) is 0 Å². The summed E-state index contributed by atoms with van der Waals surface area (Å²) in [6.07, 6.45) is 1.05. The third-order valence-electron chi connectivity index (χ3n) is 2.33. The third-order valence-corrected chi connectivity index (χ3v) is 3.07. The van der Waals surface area contributed by atoms with E-state index < -0.39 is 12.1 Å². The summed E-state index contributed by atoms with van der Waals surface area (Å²) in [5.74, 6) is 0. The molecule has 0 radical (unpaired) electrons. The highest BCUT2D eigenvalue weighted by molar-refractivity contribution is 6.42. The average molecular weight is 248 g/mol. The lowest BCUT2D eigenvalue weighted by atomic mass is 9.99. The molecule has 0 aliphatic carbocycles. The van der Waals surface area contributed by atoms with E-state index in [9.17, 15) is 5.11 Å². The molecule has 4 heteroatoms. The van der Waals surface area contributed by atoms with Crippen molar-refractivity contribution in [3.63, 3.8) is 0 Å². The van der Waals surface area contributed by atoms with Crippen molar-refractivity contribution in [1.29, 1.82) is 0 Å². The lowest BCUT2D eigenvalue weighted by Gasteiger charge is -2.18. The average Bonchev–Trinajstić information content (AvgIpc) is 2.21. The number of aliphatic hydroxyl groups excluding tert-OH is 1. The fourth-order valence-corrected chi connectivity index (χ4v) is 1.72. The Morgan fingerprint density at radius 3 is 2.53 bits per heavy atom. The van der Waals surface area contributed by atoms with Crippen LogP contribution in [-0.2, 0) is 0 Å². The first-order valence-corrected chi connectivity index (χ1v) is 5.70. The Labute approximate surface area is 100.0 Å². The molecule has 0 heterocycles. The first-order valence-electron chi connectivity index (χ1n) is 4.94. The maximum Gasteiger partial charge on any atom is 0.0732 e. The molecule has 84 valence electrons. The fourth-order valence-electron chi connectivity index (χ4n) is 1.42. The maximum atomic E-state index is 9.73. The van der Waals surface area contributed by atoms with Gasteiger partial charge < -0.3 is 10.8 Å². The number of hydrogen-bond acceptors (Lipinski definition) is 2. The Morgan fingerprint density at radius 2 is 2.00 bits per heavy atom. The van der Waals surface area contributed by atoms with Gasteiger partial charge in [-0.2, -0.15) is 0 Å². The molecule has 0 saturated carbocycles. The minimum absolute atomic E-state index is 0.403. The number of nitrogens with two attached hydrogens (primary N) is 1. The van der Waals surface area contributed by atoms with Crippen LogP contribution in [0.4, 0.5) is 0 Å². The van der Waals surface area contributed by atoms with E-state index >= 15 is 0 Å². The van der Waals surface area contributed by atoms with Crippen molar-refractivity contribution in [2.45, 2.75) is 31.9 Å². The predicted molar refractivity (Wildman–Crippen MR) is 64.3 cm³/mol. The van der Waals surface area contributed by atoms with Crippen LogP contribution in [0, 0.1) is 0 Å². The molecule has 2 nitrogen and oxygen atoms in total. The van der Waals surface area contributed by atoms with Crippen LogP contribution in [0.25, 0.3) is 0 Å². The molecule has 0 saturated heterocycles. The smallest absolute Gasteiger partial charge is 0.0732 e. The Balaban J connectivity index is 2.81. The van der Waals surface area contributed by atoms with Crippen LogP contribution >= 0.6 is 23.2 Å². The van der Waals surface area contributed by atoms with E-state index in [1.807, 2.05) is 6.92 Å². The quantitative estimate of drug-likeness (QED) is 0.859. The molecule has 1 rings (SSSR count). The van der Waals surface area contributed by atoms with E-state index in [1.165, 1.54) is 0 Å². The second-order valence-electron chi connectivity index (χ2n) is 3.56. The third kappa shape index (κ3) is 3.35. The van der Waals surface area contributed by atoms with Gasteiger partial charge in [0.1, 0.15) is 0 Å². The van der Waals surface area contributed by atoms with Crippen LogP contribution < -0.4 is 5.73 Å². The second-order valence-corrected chi connectivity index (χ2v) is 4.37. The van der Waals surface area contributed by atoms with Crippen molar-refractivity contribution in [1.82, 2.24) is 0 Å². The summed E-state index contributed by atoms with van der Waals surface area (Å²) in [5.41, 5.74) is 6.70. The van der Waals surface area contributed by atoms with Gasteiger partial charge in [0.2, 0.25) is 0 Å². The van der Waals surface area contributed by atoms with Crippen molar-refractivity contribution in [2.24, 2.45) is 5.73 Å². The number of benzene rings is 1. The highest BCUT2D eigenvalue weighted by Gasteiger charge is 2.16. The Kier molecular flexibility index (Phi) is 4.87. The molecular weight excluding hydrogens is 233 g/mol. The molecule has 0 bridgehead atoms. The fraction of sp³-hybridized carbons (Fsp3) is 0.455. The molecule has 0 spiro atoms. The Morgan fingerprint density at radius 1 is 1.33 bits per heavy atom. The number of hydrogen-bond donors (Lipinski definition) is 2. The van der Waals surface area contributed by atoms with Crippen molar-refractivity contribution in [3.8, 4) is 0 Å². The van der Waals surface area contributed by atoms with Gasteiger partial charge in [0.05, 0.1) is 22.2 Å². The summed E-state index contributed by atoms with van der Waals surface area (Å²) in [5, 5.41) is 10.7. The monoisotopic (exact) mass is 247 g/mol. The van der Waals surface area contributed by atoms with Crippen LogP contribution in [0.1, 0.15) is 31.4 Å². The maximum absolute atomic E-state index is 9.73. The lowest BCUT2D eigenvalue weighted by molar-refractivity contribution is 0.134. The largest absolute Gasteiger partial charge is 0.391 e. The van der Waals surface area contributed by atoms with Gasteiger partial charge in [-0.3, -0.25) is 0 Å². The van der Waals surface area contributed by atoms with Crippen molar-refractivity contribution in [3.05, 3.63) is 33.8 Å². The molecule has 0 fully saturated rings. The number of halogens is 2. The molecule has 0 aromatic heterocycles. The lowest BCUT2D eigenvalue weighted by Crippen LogP contribution is -2.25. The van der Waals surface area contributed by atoms with Gasteiger partial charge in [-0.15, -0.1) is 0 Å². The molecule has 3 N–H and O–H groups in total. The van der Waals surface area contributed by atoms with Gasteiger partial charge in [-0.1, -0.05) is 42.6 Å². The van der Waals surface area contributed by atoms with Gasteiger partial charge in [-0.05, 0) is 24.1 Å². The van der Waals surface area contributed by atoms with Gasteiger partial charge >= 0.3 is 0 Å². The van der Waals surface area contributed by atoms with E-state index in [-0.39, 0.29) is 0 Å². The summed E-state index contributed by atoms with van der Waals surface area (Å²) < 4.78 is 0. The molecule has 0 aliphatic heterocycles. The molecule has 15 heavy (non-hydrogen) atoms. The molecular formula is C11H15Cl2NO. The molecule has 0 aliphatic rings. The zero-order valence-corrected chi connectivity index (χ0v) is 10.1. The highest BCUT2D eigenvalue weighted by atomic mass is 35.5. The minimum Gasteiger partial charge on any atom is -0.391 e. The van der Waals surface area contributed by atoms with E-state index in [0.29, 0.717) is 16.5 Å². The van der Waals surface area contributed by atoms with Crippen molar-refractivity contribution < 1.29 is 5.11 Å². The molecule has 0 unspecified atom stereocenters. The van der Waals surface area contributed by atoms with Gasteiger partial charge in [0.25, 0.3) is 0 Å². The molecule has 0 amide bonds. The summed E-state index contributed by atoms with van der Waals surface area (Å²) in [7, 11) is 0. The first kappa shape index (κ1) is 12.8. The predicted octanol–water partition coefficient (Wildman–Crippen LogP) is 3.15. The minimum atomic E-state index is -0.535. The summed E-state index contributed by atoms with van der Waals surface area (Å²) in [6, 6.07) is 4.78. The molecule has 1 aromatic rings. The van der Waals surface area contributed by atoms with Crippen molar-refractivity contribution >= 4 is 23.2 Å². The molecule has 2 atom stereocenters. The summed E-state index contributed by atoms with van der Waals surface area (Å²) in [6.45, 7) is 2.00. The standard InChI is InChI=1S/C11H15Cl2NO/c1-2-3-10(15)11(14)7-4-5-8(12)9(13)6-7/h4-6,10-11,15H,2-3,14H2,1H3/t10-,11+/m1/s1. The summed E-state index contributed by atoms with van der Waals surface area (Å²) >= 11 is 11.7. The van der Waals surface area contributed by atoms with Crippen LogP contribution in [0.15, 0.2) is 18.2 Å². The Hall–Kier alpha value is -0.280. The van der Waals surface area contributed by atoms with E-state index in [2.05, 4.69) is 0 Å². The van der Waals surface area contributed by atoms with E-state index in [0.717, 1.165) is 12.0 Å². The highest BCUT2D eigenvalue weighted by Crippen LogP contribution is 2.26. The second kappa shape index (κ2) is 5.71. The van der Waals surface area contributed by atoms with Gasteiger partial charge in [0.15, 0.2) is 0 Å². The van der Waals surface area contributed by atoms with Crippen LogP contribution in [0.2, 0.25) is 10.0 Å². The van der Waals surface area contributed by atoms with Gasteiger partial charge in [-0.25, -0.2) is 0 Å². The zero-order valence-electron chi connectivity index (χ0n) is 8.58. The normalized spacial score (nSPS) is 15.0. The first-order chi connectivity index (χ1) is 7.06. The number of rotatable bonds is 4. The van der Waals surface area contributed by atoms with Crippen LogP contribution in [0.5, 0.6) is 0 Å². The van der Waals surface area contributed by atoms with Crippen LogP contribution in [0.3, 0.4) is 0 Å². The molecule has 1 aromatic carbocycles. The Bertz CT molecular complexity index is 330. The van der Waals surface area contributed by atoms with E-state index in [4.69, 9.17) is 28.9 Å².